The molecule has 2 unspecified atom stereocenters. The van der Waals surface area contributed by atoms with Gasteiger partial charge in [-0.15, -0.1) is 0 Å². The molecule has 1 aromatic heterocycles. The summed E-state index contributed by atoms with van der Waals surface area (Å²) in [7, 11) is 1.70. The van der Waals surface area contributed by atoms with Gasteiger partial charge in [0.2, 0.25) is 0 Å². The summed E-state index contributed by atoms with van der Waals surface area (Å²) in [4.78, 5) is 8.06. The highest BCUT2D eigenvalue weighted by Gasteiger charge is 2.18. The zero-order chi connectivity index (χ0) is 11.1. The van der Waals surface area contributed by atoms with Crippen molar-refractivity contribution in [2.24, 2.45) is 11.8 Å². The van der Waals surface area contributed by atoms with Crippen LogP contribution in [0.25, 0.3) is 0 Å². The van der Waals surface area contributed by atoms with Crippen LogP contribution in [0.15, 0.2) is 18.6 Å². The molecule has 1 heterocycles. The minimum atomic E-state index is 0.0446. The summed E-state index contributed by atoms with van der Waals surface area (Å²) in [5.74, 6) is 5.89. The van der Waals surface area contributed by atoms with Crippen LogP contribution in [0.1, 0.15) is 25.1 Å². The normalized spacial score (nSPS) is 14.9. The van der Waals surface area contributed by atoms with Crippen molar-refractivity contribution in [2.75, 3.05) is 13.7 Å². The van der Waals surface area contributed by atoms with Crippen molar-refractivity contribution < 1.29 is 4.74 Å². The Bertz CT molecular complexity index is 267. The summed E-state index contributed by atoms with van der Waals surface area (Å²) in [6, 6.07) is 1.91. The summed E-state index contributed by atoms with van der Waals surface area (Å²) in [5, 5.41) is 0. The van der Waals surface area contributed by atoms with Gasteiger partial charge in [0.25, 0.3) is 0 Å². The summed E-state index contributed by atoms with van der Waals surface area (Å²) in [5.41, 5.74) is 3.69. The lowest BCUT2D eigenvalue weighted by Gasteiger charge is -2.22. The van der Waals surface area contributed by atoms with E-state index in [2.05, 4.69) is 22.3 Å². The van der Waals surface area contributed by atoms with E-state index in [1.54, 1.807) is 13.3 Å². The largest absolute Gasteiger partial charge is 0.385 e. The van der Waals surface area contributed by atoms with Crippen LogP contribution in [0, 0.1) is 5.92 Å². The van der Waals surface area contributed by atoms with Gasteiger partial charge in [0, 0.05) is 19.9 Å². The van der Waals surface area contributed by atoms with Gasteiger partial charge in [-0.1, -0.05) is 6.92 Å². The molecule has 0 fully saturated rings. The van der Waals surface area contributed by atoms with Crippen molar-refractivity contribution in [3.8, 4) is 0 Å². The van der Waals surface area contributed by atoms with E-state index in [4.69, 9.17) is 10.6 Å². The highest BCUT2D eigenvalue weighted by atomic mass is 16.5. The molecule has 0 spiro atoms. The van der Waals surface area contributed by atoms with Crippen LogP contribution >= 0.6 is 0 Å². The minimum Gasteiger partial charge on any atom is -0.385 e. The number of nitrogens with two attached hydrogens (primary N) is 1. The number of methoxy groups -OCH3 is 1. The fourth-order valence-corrected chi connectivity index (χ4v) is 1.50. The lowest BCUT2D eigenvalue weighted by molar-refractivity contribution is 0.169. The number of hydrazine groups is 1. The molecule has 0 saturated heterocycles. The second kappa shape index (κ2) is 6.44. The van der Waals surface area contributed by atoms with Gasteiger partial charge in [0.05, 0.1) is 11.7 Å². The third-order valence-corrected chi connectivity index (χ3v) is 2.45. The fraction of sp³-hybridized carbons (Fsp3) is 0.600. The van der Waals surface area contributed by atoms with E-state index in [0.717, 1.165) is 18.7 Å². The Labute approximate surface area is 90.0 Å². The predicted octanol–water partition coefficient (Wildman–Crippen LogP) is 0.654. The highest BCUT2D eigenvalue weighted by Crippen LogP contribution is 2.21. The maximum atomic E-state index is 5.53. The topological polar surface area (TPSA) is 73.1 Å². The van der Waals surface area contributed by atoms with Crippen molar-refractivity contribution in [1.29, 1.82) is 0 Å². The number of hydrogen-bond acceptors (Lipinski definition) is 5. The average Bonchev–Trinajstić information content (AvgIpc) is 2.29. The van der Waals surface area contributed by atoms with Crippen molar-refractivity contribution in [1.82, 2.24) is 15.4 Å². The first kappa shape index (κ1) is 12.0. The van der Waals surface area contributed by atoms with Gasteiger partial charge in [-0.25, -0.2) is 9.97 Å². The van der Waals surface area contributed by atoms with Gasteiger partial charge in [0.15, 0.2) is 0 Å². The van der Waals surface area contributed by atoms with E-state index in [1.165, 1.54) is 6.33 Å². The monoisotopic (exact) mass is 210 g/mol. The zero-order valence-electron chi connectivity index (χ0n) is 9.18. The Hall–Kier alpha value is -1.04. The zero-order valence-corrected chi connectivity index (χ0v) is 9.18. The Morgan fingerprint density at radius 1 is 1.60 bits per heavy atom. The van der Waals surface area contributed by atoms with Crippen LogP contribution in [0.4, 0.5) is 0 Å². The van der Waals surface area contributed by atoms with Crippen molar-refractivity contribution in [2.45, 2.75) is 19.4 Å². The molecule has 84 valence electrons. The molecule has 0 aliphatic heterocycles. The SMILES string of the molecule is COCCC(C)C(NN)c1ccncn1. The molecule has 0 amide bonds. The first-order chi connectivity index (χ1) is 7.29. The molecule has 0 bridgehead atoms. The molecule has 15 heavy (non-hydrogen) atoms. The quantitative estimate of drug-likeness (QED) is 0.533. The first-order valence-corrected chi connectivity index (χ1v) is 5.00. The first-order valence-electron chi connectivity index (χ1n) is 5.00. The second-order valence-electron chi connectivity index (χ2n) is 3.54. The van der Waals surface area contributed by atoms with Crippen LogP contribution in [0.3, 0.4) is 0 Å². The van der Waals surface area contributed by atoms with Crippen molar-refractivity contribution in [3.63, 3.8) is 0 Å². The van der Waals surface area contributed by atoms with Crippen LogP contribution in [0.2, 0.25) is 0 Å². The number of aromatic nitrogens is 2. The predicted molar refractivity (Wildman–Crippen MR) is 57.8 cm³/mol. The standard InChI is InChI=1S/C10H18N4O/c1-8(4-6-15-2)10(14-11)9-3-5-12-7-13-9/h3,5,7-8,10,14H,4,6,11H2,1-2H3. The molecule has 1 aromatic rings. The molecule has 0 aliphatic rings. The molecule has 5 heteroatoms. The second-order valence-corrected chi connectivity index (χ2v) is 3.54. The maximum absolute atomic E-state index is 5.53. The van der Waals surface area contributed by atoms with Crippen molar-refractivity contribution >= 4 is 0 Å². The third kappa shape index (κ3) is 3.54. The number of ether oxygens (including phenoxy) is 1. The van der Waals surface area contributed by atoms with Crippen molar-refractivity contribution in [3.05, 3.63) is 24.3 Å². The van der Waals surface area contributed by atoms with Gasteiger partial charge in [0.1, 0.15) is 6.33 Å². The van der Waals surface area contributed by atoms with E-state index < -0.39 is 0 Å². The molecule has 0 aliphatic carbocycles. The smallest absolute Gasteiger partial charge is 0.115 e. The number of hydrogen-bond donors (Lipinski definition) is 2. The summed E-state index contributed by atoms with van der Waals surface area (Å²) in [6.45, 7) is 2.84. The molecule has 0 aromatic carbocycles. The summed E-state index contributed by atoms with van der Waals surface area (Å²) in [6.07, 6.45) is 4.19. The number of nitrogens with one attached hydrogen (secondary N) is 1. The van der Waals surface area contributed by atoms with Gasteiger partial charge >= 0.3 is 0 Å². The van der Waals surface area contributed by atoms with Gasteiger partial charge in [-0.05, 0) is 18.4 Å². The minimum absolute atomic E-state index is 0.0446. The van der Waals surface area contributed by atoms with Gasteiger partial charge in [-0.3, -0.25) is 11.3 Å². The molecule has 2 atom stereocenters. The molecule has 5 nitrogen and oxygen atoms in total. The lowest BCUT2D eigenvalue weighted by Crippen LogP contribution is -2.33. The van der Waals surface area contributed by atoms with Crippen LogP contribution in [-0.4, -0.2) is 23.7 Å². The van der Waals surface area contributed by atoms with Crippen LogP contribution in [-0.2, 0) is 4.74 Å². The lowest BCUT2D eigenvalue weighted by atomic mass is 9.96. The van der Waals surface area contributed by atoms with E-state index in [1.807, 2.05) is 6.07 Å². The number of rotatable bonds is 6. The van der Waals surface area contributed by atoms with Gasteiger partial charge < -0.3 is 4.74 Å². The van der Waals surface area contributed by atoms with Gasteiger partial charge in [-0.2, -0.15) is 0 Å². The maximum Gasteiger partial charge on any atom is 0.115 e. The average molecular weight is 210 g/mol. The Morgan fingerprint density at radius 2 is 2.40 bits per heavy atom. The molecular weight excluding hydrogens is 192 g/mol. The molecule has 3 N–H and O–H groups in total. The number of nitrogens with zero attached hydrogens (tertiary/aromatic N) is 2. The van der Waals surface area contributed by atoms with Crippen LogP contribution < -0.4 is 11.3 Å². The highest BCUT2D eigenvalue weighted by molar-refractivity contribution is 5.05. The van der Waals surface area contributed by atoms with E-state index in [-0.39, 0.29) is 6.04 Å². The van der Waals surface area contributed by atoms with E-state index in [0.29, 0.717) is 5.92 Å². The molecule has 1 rings (SSSR count). The summed E-state index contributed by atoms with van der Waals surface area (Å²) < 4.78 is 5.04. The Balaban J connectivity index is 2.63. The molecule has 0 radical (unpaired) electrons. The Morgan fingerprint density at radius 3 is 2.93 bits per heavy atom. The fourth-order valence-electron chi connectivity index (χ4n) is 1.50. The third-order valence-electron chi connectivity index (χ3n) is 2.45. The van der Waals surface area contributed by atoms with E-state index >= 15 is 0 Å². The summed E-state index contributed by atoms with van der Waals surface area (Å²) >= 11 is 0. The molecular formula is C10H18N4O. The molecule has 0 saturated carbocycles. The Kier molecular flexibility index (Phi) is 5.17. The van der Waals surface area contributed by atoms with Crippen LogP contribution in [0.5, 0.6) is 0 Å². The van der Waals surface area contributed by atoms with E-state index in [9.17, 15) is 0 Å².